The number of carboxylic acid groups (broad SMARTS) is 1. The molecule has 7 nitrogen and oxygen atoms in total. The highest BCUT2D eigenvalue weighted by atomic mass is 127. The van der Waals surface area contributed by atoms with Crippen LogP contribution in [0.15, 0.2) is 48.5 Å². The molecule has 0 saturated carbocycles. The molecule has 3 N–H and O–H groups in total. The average Bonchev–Trinajstić information content (AvgIpc) is 2.68. The molecule has 3 aromatic rings. The van der Waals surface area contributed by atoms with Crippen molar-refractivity contribution in [3.8, 4) is 0 Å². The van der Waals surface area contributed by atoms with Crippen LogP contribution in [-0.2, 0) is 0 Å². The summed E-state index contributed by atoms with van der Waals surface area (Å²) in [7, 11) is 0. The first-order chi connectivity index (χ1) is 14.2. The zero-order valence-corrected chi connectivity index (χ0v) is 18.3. The molecule has 0 aliphatic rings. The summed E-state index contributed by atoms with van der Waals surface area (Å²) in [6.07, 6.45) is 0. The topological polar surface area (TPSA) is 105 Å². The normalized spacial score (nSPS) is 10.5. The first kappa shape index (κ1) is 21.8. The standard InChI is InChI=1S/C20H14ClFIN3O4/c1-10-2-5-12(6-3-10)24-19-16(26(29)30)9-13(20(27)28)18(17(19)22)25-15-7-4-11(23)8-14(15)21/h2-9,24-25H,1H3,(H,27,28). The molecule has 0 amide bonds. The van der Waals surface area contributed by atoms with E-state index in [1.807, 2.05) is 29.5 Å². The van der Waals surface area contributed by atoms with E-state index in [1.54, 1.807) is 42.5 Å². The van der Waals surface area contributed by atoms with E-state index in [4.69, 9.17) is 11.6 Å². The van der Waals surface area contributed by atoms with E-state index in [9.17, 15) is 20.0 Å². The summed E-state index contributed by atoms with van der Waals surface area (Å²) in [5.74, 6) is -2.64. The molecule has 0 radical (unpaired) electrons. The molecule has 0 unspecified atom stereocenters. The highest BCUT2D eigenvalue weighted by Gasteiger charge is 2.28. The van der Waals surface area contributed by atoms with Gasteiger partial charge in [0.05, 0.1) is 26.9 Å². The van der Waals surface area contributed by atoms with Gasteiger partial charge in [-0.05, 0) is 59.8 Å². The van der Waals surface area contributed by atoms with Gasteiger partial charge in [0.1, 0.15) is 0 Å². The maximum atomic E-state index is 15.4. The predicted molar refractivity (Wildman–Crippen MR) is 122 cm³/mol. The number of carbonyl (C=O) groups is 1. The van der Waals surface area contributed by atoms with E-state index >= 15 is 4.39 Å². The number of rotatable bonds is 6. The fourth-order valence-electron chi connectivity index (χ4n) is 2.70. The Hall–Kier alpha value is -2.92. The van der Waals surface area contributed by atoms with Crippen molar-refractivity contribution in [3.63, 3.8) is 0 Å². The molecule has 0 fully saturated rings. The monoisotopic (exact) mass is 541 g/mol. The van der Waals surface area contributed by atoms with Crippen molar-refractivity contribution in [1.29, 1.82) is 0 Å². The zero-order valence-electron chi connectivity index (χ0n) is 15.4. The van der Waals surface area contributed by atoms with E-state index in [1.165, 1.54) is 0 Å². The minimum Gasteiger partial charge on any atom is -0.478 e. The minimum atomic E-state index is -1.52. The van der Waals surface area contributed by atoms with Crippen molar-refractivity contribution in [2.45, 2.75) is 6.92 Å². The van der Waals surface area contributed by atoms with Crippen LogP contribution in [0, 0.1) is 26.4 Å². The van der Waals surface area contributed by atoms with Crippen LogP contribution in [0.25, 0.3) is 0 Å². The molecule has 0 aliphatic heterocycles. The number of carboxylic acids is 1. The maximum Gasteiger partial charge on any atom is 0.338 e. The van der Waals surface area contributed by atoms with Crippen molar-refractivity contribution in [2.24, 2.45) is 0 Å². The Morgan fingerprint density at radius 1 is 1.13 bits per heavy atom. The molecule has 10 heteroatoms. The summed E-state index contributed by atoms with van der Waals surface area (Å²) < 4.78 is 16.3. The molecule has 0 spiro atoms. The van der Waals surface area contributed by atoms with E-state index in [2.05, 4.69) is 10.6 Å². The Kier molecular flexibility index (Phi) is 6.42. The van der Waals surface area contributed by atoms with E-state index in [0.29, 0.717) is 5.69 Å². The second-order valence-corrected chi connectivity index (χ2v) is 7.96. The predicted octanol–water partition coefficient (Wildman–Crippen LogP) is 6.49. The molecule has 0 bridgehead atoms. The second kappa shape index (κ2) is 8.84. The number of aryl methyl sites for hydroxylation is 1. The molecule has 3 rings (SSSR count). The first-order valence-electron chi connectivity index (χ1n) is 8.47. The smallest absolute Gasteiger partial charge is 0.338 e. The molecule has 30 heavy (non-hydrogen) atoms. The second-order valence-electron chi connectivity index (χ2n) is 6.31. The third-order valence-corrected chi connectivity index (χ3v) is 5.17. The third kappa shape index (κ3) is 4.62. The lowest BCUT2D eigenvalue weighted by Crippen LogP contribution is -2.10. The lowest BCUT2D eigenvalue weighted by Gasteiger charge is -2.16. The molecule has 0 heterocycles. The molecule has 0 aromatic heterocycles. The van der Waals surface area contributed by atoms with Crippen molar-refractivity contribution in [3.05, 3.63) is 84.2 Å². The largest absolute Gasteiger partial charge is 0.478 e. The van der Waals surface area contributed by atoms with Gasteiger partial charge in [-0.2, -0.15) is 0 Å². The third-order valence-electron chi connectivity index (χ3n) is 4.18. The molecule has 3 aromatic carbocycles. The van der Waals surface area contributed by atoms with Gasteiger partial charge in [-0.1, -0.05) is 29.3 Å². The molecule has 154 valence electrons. The number of anilines is 4. The van der Waals surface area contributed by atoms with Gasteiger partial charge in [0.2, 0.25) is 0 Å². The van der Waals surface area contributed by atoms with Gasteiger partial charge in [-0.3, -0.25) is 10.1 Å². The molecule has 0 atom stereocenters. The van der Waals surface area contributed by atoms with Crippen molar-refractivity contribution in [1.82, 2.24) is 0 Å². The van der Waals surface area contributed by atoms with Crippen LogP contribution in [0.3, 0.4) is 0 Å². The number of halogens is 3. The van der Waals surface area contributed by atoms with Gasteiger partial charge in [0, 0.05) is 15.3 Å². The molecular weight excluding hydrogens is 528 g/mol. The lowest BCUT2D eigenvalue weighted by molar-refractivity contribution is -0.384. The summed E-state index contributed by atoms with van der Waals surface area (Å²) in [5.41, 5.74) is -0.582. The zero-order chi connectivity index (χ0) is 22.0. The van der Waals surface area contributed by atoms with Gasteiger partial charge in [-0.15, -0.1) is 0 Å². The summed E-state index contributed by atoms with van der Waals surface area (Å²) in [6, 6.07) is 12.4. The van der Waals surface area contributed by atoms with Gasteiger partial charge in [-0.25, -0.2) is 9.18 Å². The number of hydrogen-bond donors (Lipinski definition) is 3. The van der Waals surface area contributed by atoms with Crippen LogP contribution in [0.5, 0.6) is 0 Å². The lowest BCUT2D eigenvalue weighted by atomic mass is 10.1. The molecular formula is C20H14ClFIN3O4. The van der Waals surface area contributed by atoms with Crippen LogP contribution in [0.1, 0.15) is 15.9 Å². The Bertz CT molecular complexity index is 1160. The van der Waals surface area contributed by atoms with Crippen molar-refractivity contribution >= 4 is 68.6 Å². The Balaban J connectivity index is 2.18. The SMILES string of the molecule is Cc1ccc(Nc2c([N+](=O)[O-])cc(C(=O)O)c(Nc3ccc(I)cc3Cl)c2F)cc1. The molecule has 0 saturated heterocycles. The summed E-state index contributed by atoms with van der Waals surface area (Å²) in [5, 5.41) is 26.6. The fourth-order valence-corrected chi connectivity index (χ4v) is 3.60. The van der Waals surface area contributed by atoms with E-state index < -0.39 is 39.3 Å². The highest BCUT2D eigenvalue weighted by molar-refractivity contribution is 14.1. The van der Waals surface area contributed by atoms with Crippen LogP contribution in [-0.4, -0.2) is 16.0 Å². The van der Waals surface area contributed by atoms with E-state index in [-0.39, 0.29) is 10.7 Å². The van der Waals surface area contributed by atoms with Gasteiger partial charge < -0.3 is 15.7 Å². The van der Waals surface area contributed by atoms with E-state index in [0.717, 1.165) is 15.2 Å². The van der Waals surface area contributed by atoms with Crippen LogP contribution >= 0.6 is 34.2 Å². The Morgan fingerprint density at radius 2 is 1.80 bits per heavy atom. The number of nitrogens with one attached hydrogen (secondary N) is 2. The van der Waals surface area contributed by atoms with Crippen LogP contribution < -0.4 is 10.6 Å². The number of hydrogen-bond acceptors (Lipinski definition) is 5. The van der Waals surface area contributed by atoms with Crippen molar-refractivity contribution in [2.75, 3.05) is 10.6 Å². The first-order valence-corrected chi connectivity index (χ1v) is 9.93. The fraction of sp³-hybridized carbons (Fsp3) is 0.0500. The molecule has 0 aliphatic carbocycles. The maximum absolute atomic E-state index is 15.4. The average molecular weight is 542 g/mol. The highest BCUT2D eigenvalue weighted by Crippen LogP contribution is 2.39. The van der Waals surface area contributed by atoms with Crippen molar-refractivity contribution < 1.29 is 19.2 Å². The Morgan fingerprint density at radius 3 is 2.37 bits per heavy atom. The minimum absolute atomic E-state index is 0.240. The summed E-state index contributed by atoms with van der Waals surface area (Å²) in [6.45, 7) is 1.86. The Labute approximate surface area is 189 Å². The van der Waals surface area contributed by atoms with Crippen LogP contribution in [0.4, 0.5) is 32.8 Å². The summed E-state index contributed by atoms with van der Waals surface area (Å²) >= 11 is 8.21. The van der Waals surface area contributed by atoms with Crippen LogP contribution in [0.2, 0.25) is 5.02 Å². The quantitative estimate of drug-likeness (QED) is 0.187. The number of aromatic carboxylic acids is 1. The van der Waals surface area contributed by atoms with Gasteiger partial charge >= 0.3 is 5.97 Å². The number of nitrogens with zero attached hydrogens (tertiary/aromatic N) is 1. The van der Waals surface area contributed by atoms with Gasteiger partial charge in [0.25, 0.3) is 5.69 Å². The van der Waals surface area contributed by atoms with Gasteiger partial charge in [0.15, 0.2) is 11.5 Å². The number of nitro groups is 1. The summed E-state index contributed by atoms with van der Waals surface area (Å²) in [4.78, 5) is 22.4. The number of benzene rings is 3. The number of nitro benzene ring substituents is 1.